The van der Waals surface area contributed by atoms with Gasteiger partial charge >= 0.3 is 0 Å². The van der Waals surface area contributed by atoms with E-state index >= 15 is 0 Å². The Hall–Kier alpha value is -8.27. The topological polar surface area (TPSA) is 38.7 Å². The molecular weight excluding hydrogens is 751 g/mol. The second-order valence-corrected chi connectivity index (χ2v) is 16.3. The third kappa shape index (κ3) is 5.42. The zero-order valence-corrected chi connectivity index (χ0v) is 33.5. The van der Waals surface area contributed by atoms with Gasteiger partial charge in [-0.2, -0.15) is 0 Å². The fraction of sp³-hybridized carbons (Fsp3) is 0. The summed E-state index contributed by atoms with van der Waals surface area (Å²) >= 11 is 0. The Morgan fingerprint density at radius 2 is 0.758 bits per heavy atom. The van der Waals surface area contributed by atoms with Crippen molar-refractivity contribution in [1.29, 1.82) is 0 Å². The number of nitrogens with zero attached hydrogens (tertiary/aromatic N) is 3. The predicted octanol–water partition coefficient (Wildman–Crippen LogP) is 15.8. The summed E-state index contributed by atoms with van der Waals surface area (Å²) in [5, 5.41) is 15.6. The Balaban J connectivity index is 0.896. The van der Waals surface area contributed by atoms with E-state index in [1.54, 1.807) is 0 Å². The maximum Gasteiger partial charge on any atom is 0.0972 e. The number of pyridine rings is 3. The number of benzene rings is 10. The molecule has 13 aromatic rings. The number of aromatic nitrogens is 3. The molecule has 0 aliphatic rings. The standard InChI is InChI=1S/C59H35N3/c1-2-10-38(11-3-1)52-32-29-40-24-25-41-30-33-53(61-59(41)58(40)60-52)44-28-31-45-43(34-44)27-21-37-20-26-42(35-51(37)45)36-18-22-39(23-19-36)57-56-49-15-7-5-13-47(49)46-12-4-6-14-48(46)55(56)50-16-8-9-17-54(50)62-57/h1-35H. The van der Waals surface area contributed by atoms with Crippen LogP contribution in [0.4, 0.5) is 0 Å². The molecule has 0 radical (unpaired) electrons. The number of hydrogen-bond acceptors (Lipinski definition) is 3. The minimum absolute atomic E-state index is 0.915. The quantitative estimate of drug-likeness (QED) is 0.167. The highest BCUT2D eigenvalue weighted by Gasteiger charge is 2.18. The van der Waals surface area contributed by atoms with Crippen molar-refractivity contribution >= 4 is 86.6 Å². The first kappa shape index (κ1) is 34.6. The van der Waals surface area contributed by atoms with Crippen LogP contribution in [0.1, 0.15) is 0 Å². The molecule has 3 heteroatoms. The van der Waals surface area contributed by atoms with E-state index in [1.165, 1.54) is 70.4 Å². The van der Waals surface area contributed by atoms with Gasteiger partial charge in [0, 0.05) is 43.6 Å². The van der Waals surface area contributed by atoms with Crippen LogP contribution in [0.3, 0.4) is 0 Å². The van der Waals surface area contributed by atoms with Gasteiger partial charge in [-0.15, -0.1) is 0 Å². The first-order valence-electron chi connectivity index (χ1n) is 21.2. The number of rotatable bonds is 4. The summed E-state index contributed by atoms with van der Waals surface area (Å²) < 4.78 is 0. The van der Waals surface area contributed by atoms with Crippen LogP contribution in [0.25, 0.3) is 131 Å². The Morgan fingerprint density at radius 3 is 1.48 bits per heavy atom. The van der Waals surface area contributed by atoms with E-state index in [-0.39, 0.29) is 0 Å². The molecular formula is C59H35N3. The zero-order chi connectivity index (χ0) is 40.7. The Kier molecular flexibility index (Phi) is 7.60. The Labute approximate surface area is 357 Å². The lowest BCUT2D eigenvalue weighted by Gasteiger charge is -2.16. The molecule has 3 nitrogen and oxygen atoms in total. The molecule has 0 saturated carbocycles. The first-order valence-corrected chi connectivity index (χ1v) is 21.2. The second kappa shape index (κ2) is 13.6. The number of para-hydroxylation sites is 1. The molecule has 3 heterocycles. The third-order valence-electron chi connectivity index (χ3n) is 12.8. The van der Waals surface area contributed by atoms with Crippen molar-refractivity contribution in [1.82, 2.24) is 15.0 Å². The maximum atomic E-state index is 5.37. The van der Waals surface area contributed by atoms with Crippen molar-refractivity contribution in [3.8, 4) is 44.9 Å². The molecule has 286 valence electrons. The molecule has 0 aliphatic carbocycles. The van der Waals surface area contributed by atoms with Gasteiger partial charge in [0.25, 0.3) is 0 Å². The van der Waals surface area contributed by atoms with Gasteiger partial charge in [0.1, 0.15) is 0 Å². The van der Waals surface area contributed by atoms with Crippen LogP contribution < -0.4 is 0 Å². The molecule has 0 atom stereocenters. The predicted molar refractivity (Wildman–Crippen MR) is 262 cm³/mol. The van der Waals surface area contributed by atoms with Gasteiger partial charge in [0.15, 0.2) is 0 Å². The summed E-state index contributed by atoms with van der Waals surface area (Å²) in [6.07, 6.45) is 0. The summed E-state index contributed by atoms with van der Waals surface area (Å²) in [5.41, 5.74) is 11.4. The highest BCUT2D eigenvalue weighted by atomic mass is 14.8. The maximum absolute atomic E-state index is 5.37. The van der Waals surface area contributed by atoms with Crippen molar-refractivity contribution in [3.05, 3.63) is 212 Å². The molecule has 10 aromatic carbocycles. The highest BCUT2D eigenvalue weighted by Crippen LogP contribution is 2.43. The summed E-state index contributed by atoms with van der Waals surface area (Å²) in [6.45, 7) is 0. The van der Waals surface area contributed by atoms with E-state index < -0.39 is 0 Å². The summed E-state index contributed by atoms with van der Waals surface area (Å²) in [7, 11) is 0. The fourth-order valence-corrected chi connectivity index (χ4v) is 9.75. The zero-order valence-electron chi connectivity index (χ0n) is 33.5. The van der Waals surface area contributed by atoms with Gasteiger partial charge < -0.3 is 0 Å². The average molecular weight is 786 g/mol. The van der Waals surface area contributed by atoms with Crippen LogP contribution in [-0.4, -0.2) is 15.0 Å². The summed E-state index contributed by atoms with van der Waals surface area (Å²) in [6, 6.07) is 76.3. The van der Waals surface area contributed by atoms with Crippen LogP contribution >= 0.6 is 0 Å². The monoisotopic (exact) mass is 785 g/mol. The Bertz CT molecular complexity index is 3970. The average Bonchev–Trinajstić information content (AvgIpc) is 3.35. The van der Waals surface area contributed by atoms with Crippen LogP contribution in [-0.2, 0) is 0 Å². The van der Waals surface area contributed by atoms with Gasteiger partial charge in [0.05, 0.1) is 33.6 Å². The molecule has 62 heavy (non-hydrogen) atoms. The third-order valence-corrected chi connectivity index (χ3v) is 12.8. The van der Waals surface area contributed by atoms with Crippen LogP contribution in [0.15, 0.2) is 212 Å². The normalized spacial score (nSPS) is 11.9. The lowest BCUT2D eigenvalue weighted by Crippen LogP contribution is -1.93. The lowest BCUT2D eigenvalue weighted by molar-refractivity contribution is 1.37. The van der Waals surface area contributed by atoms with Gasteiger partial charge in [-0.3, -0.25) is 0 Å². The summed E-state index contributed by atoms with van der Waals surface area (Å²) in [5.74, 6) is 0. The minimum atomic E-state index is 0.915. The van der Waals surface area contributed by atoms with E-state index in [4.69, 9.17) is 15.0 Å². The molecule has 3 aromatic heterocycles. The van der Waals surface area contributed by atoms with Crippen molar-refractivity contribution in [2.75, 3.05) is 0 Å². The van der Waals surface area contributed by atoms with Gasteiger partial charge in [0.2, 0.25) is 0 Å². The molecule has 0 saturated heterocycles. The van der Waals surface area contributed by atoms with Gasteiger partial charge in [-0.25, -0.2) is 15.0 Å². The van der Waals surface area contributed by atoms with E-state index in [0.717, 1.165) is 61.1 Å². The van der Waals surface area contributed by atoms with Crippen LogP contribution in [0.5, 0.6) is 0 Å². The van der Waals surface area contributed by atoms with Crippen molar-refractivity contribution in [2.45, 2.75) is 0 Å². The largest absolute Gasteiger partial charge is 0.247 e. The molecule has 0 fully saturated rings. The minimum Gasteiger partial charge on any atom is -0.247 e. The van der Waals surface area contributed by atoms with Crippen LogP contribution in [0.2, 0.25) is 0 Å². The molecule has 0 N–H and O–H groups in total. The SMILES string of the molecule is c1ccc(-c2ccc3ccc4ccc(-c5ccc6c(ccc7ccc(-c8ccc(-c9nc%10ccccc%10c%10c%11ccccc%11c%11ccccc%11c9%10)cc8)cc76)c5)nc4c3n2)cc1. The smallest absolute Gasteiger partial charge is 0.0972 e. The van der Waals surface area contributed by atoms with E-state index in [2.05, 4.69) is 206 Å². The Morgan fingerprint density at radius 1 is 0.242 bits per heavy atom. The number of fused-ring (bicyclic) bond motifs is 14. The van der Waals surface area contributed by atoms with E-state index in [1.807, 2.05) is 6.07 Å². The highest BCUT2D eigenvalue weighted by molar-refractivity contribution is 6.33. The van der Waals surface area contributed by atoms with Gasteiger partial charge in [-0.1, -0.05) is 182 Å². The summed E-state index contributed by atoms with van der Waals surface area (Å²) in [4.78, 5) is 15.7. The number of hydrogen-bond donors (Lipinski definition) is 0. The van der Waals surface area contributed by atoms with Crippen molar-refractivity contribution in [3.63, 3.8) is 0 Å². The lowest BCUT2D eigenvalue weighted by atomic mass is 9.89. The first-order chi connectivity index (χ1) is 30.7. The molecule has 0 bridgehead atoms. The van der Waals surface area contributed by atoms with Crippen LogP contribution in [0, 0.1) is 0 Å². The molecule has 0 aliphatic heterocycles. The fourth-order valence-electron chi connectivity index (χ4n) is 9.75. The van der Waals surface area contributed by atoms with Crippen molar-refractivity contribution < 1.29 is 0 Å². The molecule has 13 rings (SSSR count). The van der Waals surface area contributed by atoms with Gasteiger partial charge in [-0.05, 0) is 84.5 Å². The second-order valence-electron chi connectivity index (χ2n) is 16.3. The molecule has 0 amide bonds. The van der Waals surface area contributed by atoms with Crippen molar-refractivity contribution in [2.24, 2.45) is 0 Å². The van der Waals surface area contributed by atoms with E-state index in [9.17, 15) is 0 Å². The molecule has 0 spiro atoms. The molecule has 0 unspecified atom stereocenters. The van der Waals surface area contributed by atoms with E-state index in [0.29, 0.717) is 0 Å².